The van der Waals surface area contributed by atoms with E-state index >= 15 is 0 Å². The van der Waals surface area contributed by atoms with Gasteiger partial charge in [-0.25, -0.2) is 13.4 Å². The smallest absolute Gasteiger partial charge is 0.152 e. The summed E-state index contributed by atoms with van der Waals surface area (Å²) in [6.45, 7) is 0. The summed E-state index contributed by atoms with van der Waals surface area (Å²) in [5.74, 6) is 0.431. The maximum Gasteiger partial charge on any atom is 0.152 e. The number of pyridine rings is 1. The highest BCUT2D eigenvalue weighted by Gasteiger charge is 2.27. The van der Waals surface area contributed by atoms with Gasteiger partial charge in [0.15, 0.2) is 15.0 Å². The fourth-order valence-corrected chi connectivity index (χ4v) is 3.47. The number of halogens is 1. The number of rotatable bonds is 2. The predicted octanol–water partition coefficient (Wildman–Crippen LogP) is 1.33. The van der Waals surface area contributed by atoms with E-state index in [1.807, 2.05) is 0 Å². The van der Waals surface area contributed by atoms with Crippen molar-refractivity contribution in [2.45, 2.75) is 12.5 Å². The van der Waals surface area contributed by atoms with Crippen molar-refractivity contribution in [1.82, 2.24) is 4.98 Å². The standard InChI is InChI=1S/C9H11ClN2O2S/c10-9-8(2-1-4-11-9)12-7-3-5-15(13,14)6-7/h1-2,4,7,12H,3,5-6H2. The van der Waals surface area contributed by atoms with Crippen LogP contribution in [-0.2, 0) is 9.84 Å². The fourth-order valence-electron chi connectivity index (χ4n) is 1.62. The molecule has 0 radical (unpaired) electrons. The lowest BCUT2D eigenvalue weighted by Gasteiger charge is -2.12. The van der Waals surface area contributed by atoms with Crippen LogP contribution in [0.2, 0.25) is 5.15 Å². The van der Waals surface area contributed by atoms with E-state index in [-0.39, 0.29) is 17.5 Å². The molecule has 1 unspecified atom stereocenters. The van der Waals surface area contributed by atoms with Crippen molar-refractivity contribution in [3.8, 4) is 0 Å². The van der Waals surface area contributed by atoms with Gasteiger partial charge < -0.3 is 5.32 Å². The second-order valence-electron chi connectivity index (χ2n) is 3.59. The second kappa shape index (κ2) is 3.98. The van der Waals surface area contributed by atoms with Crippen LogP contribution in [0.3, 0.4) is 0 Å². The van der Waals surface area contributed by atoms with Crippen LogP contribution in [0.15, 0.2) is 18.3 Å². The largest absolute Gasteiger partial charge is 0.379 e. The normalized spacial score (nSPS) is 23.9. The third-order valence-corrected chi connectivity index (χ3v) is 4.42. The first kappa shape index (κ1) is 10.7. The molecule has 0 aliphatic carbocycles. The van der Waals surface area contributed by atoms with Gasteiger partial charge in [0, 0.05) is 12.2 Å². The Bertz CT molecular complexity index is 461. The number of aromatic nitrogens is 1. The summed E-state index contributed by atoms with van der Waals surface area (Å²) in [7, 11) is -2.85. The molecule has 1 N–H and O–H groups in total. The van der Waals surface area contributed by atoms with Crippen molar-refractivity contribution in [3.63, 3.8) is 0 Å². The van der Waals surface area contributed by atoms with Gasteiger partial charge in [-0.1, -0.05) is 11.6 Å². The highest BCUT2D eigenvalue weighted by molar-refractivity contribution is 7.91. The number of anilines is 1. The molecule has 1 fully saturated rings. The zero-order valence-corrected chi connectivity index (χ0v) is 9.55. The molecule has 82 valence electrons. The molecule has 0 saturated carbocycles. The molecule has 1 aromatic heterocycles. The van der Waals surface area contributed by atoms with Crippen molar-refractivity contribution in [3.05, 3.63) is 23.5 Å². The van der Waals surface area contributed by atoms with Crippen LogP contribution in [0.1, 0.15) is 6.42 Å². The Hall–Kier alpha value is -0.810. The summed E-state index contributed by atoms with van der Waals surface area (Å²) in [6.07, 6.45) is 2.23. The summed E-state index contributed by atoms with van der Waals surface area (Å²) < 4.78 is 22.5. The van der Waals surface area contributed by atoms with Crippen molar-refractivity contribution >= 4 is 27.1 Å². The van der Waals surface area contributed by atoms with Gasteiger partial charge in [-0.15, -0.1) is 0 Å². The lowest BCUT2D eigenvalue weighted by atomic mass is 10.2. The first-order chi connectivity index (χ1) is 7.07. The van der Waals surface area contributed by atoms with Gasteiger partial charge in [0.05, 0.1) is 17.2 Å². The quantitative estimate of drug-likeness (QED) is 0.800. The van der Waals surface area contributed by atoms with E-state index in [2.05, 4.69) is 10.3 Å². The lowest BCUT2D eigenvalue weighted by molar-refractivity contribution is 0.602. The number of nitrogens with zero attached hydrogens (tertiary/aromatic N) is 1. The van der Waals surface area contributed by atoms with Gasteiger partial charge in [-0.3, -0.25) is 0 Å². The van der Waals surface area contributed by atoms with Crippen LogP contribution in [0.4, 0.5) is 5.69 Å². The Morgan fingerprint density at radius 1 is 1.53 bits per heavy atom. The van der Waals surface area contributed by atoms with Crippen LogP contribution in [-0.4, -0.2) is 30.9 Å². The van der Waals surface area contributed by atoms with Crippen LogP contribution in [0.25, 0.3) is 0 Å². The minimum atomic E-state index is -2.85. The topological polar surface area (TPSA) is 59.1 Å². The molecule has 6 heteroatoms. The number of sulfone groups is 1. The summed E-state index contributed by atoms with van der Waals surface area (Å²) in [5, 5.41) is 3.47. The Morgan fingerprint density at radius 2 is 2.33 bits per heavy atom. The Labute approximate surface area is 93.6 Å². The van der Waals surface area contributed by atoms with Crippen molar-refractivity contribution in [2.24, 2.45) is 0 Å². The fraction of sp³-hybridized carbons (Fsp3) is 0.444. The molecule has 0 spiro atoms. The molecular formula is C9H11ClN2O2S. The Balaban J connectivity index is 2.08. The predicted molar refractivity (Wildman–Crippen MR) is 59.9 cm³/mol. The van der Waals surface area contributed by atoms with E-state index in [1.165, 1.54) is 0 Å². The zero-order chi connectivity index (χ0) is 10.9. The van der Waals surface area contributed by atoms with Crippen LogP contribution in [0, 0.1) is 0 Å². The molecule has 1 aliphatic rings. The molecule has 1 aliphatic heterocycles. The highest BCUT2D eigenvalue weighted by Crippen LogP contribution is 2.22. The Kier molecular flexibility index (Phi) is 2.84. The molecular weight excluding hydrogens is 236 g/mol. The molecule has 15 heavy (non-hydrogen) atoms. The average molecular weight is 247 g/mol. The van der Waals surface area contributed by atoms with Crippen molar-refractivity contribution in [2.75, 3.05) is 16.8 Å². The van der Waals surface area contributed by atoms with E-state index in [9.17, 15) is 8.42 Å². The number of hydrogen-bond acceptors (Lipinski definition) is 4. The summed E-state index contributed by atoms with van der Waals surface area (Å²) in [6, 6.07) is 3.51. The molecule has 4 nitrogen and oxygen atoms in total. The molecule has 2 heterocycles. The first-order valence-electron chi connectivity index (χ1n) is 4.64. The third-order valence-electron chi connectivity index (χ3n) is 2.35. The maximum absolute atomic E-state index is 11.2. The van der Waals surface area contributed by atoms with Crippen molar-refractivity contribution in [1.29, 1.82) is 0 Å². The van der Waals surface area contributed by atoms with Gasteiger partial charge in [-0.05, 0) is 18.6 Å². The summed E-state index contributed by atoms with van der Waals surface area (Å²) in [5.41, 5.74) is 0.696. The minimum Gasteiger partial charge on any atom is -0.379 e. The Morgan fingerprint density at radius 3 is 2.93 bits per heavy atom. The van der Waals surface area contributed by atoms with E-state index < -0.39 is 9.84 Å². The molecule has 1 atom stereocenters. The highest BCUT2D eigenvalue weighted by atomic mass is 35.5. The zero-order valence-electron chi connectivity index (χ0n) is 7.98. The van der Waals surface area contributed by atoms with E-state index in [4.69, 9.17) is 11.6 Å². The minimum absolute atomic E-state index is 0.0447. The van der Waals surface area contributed by atoms with Crippen LogP contribution in [0.5, 0.6) is 0 Å². The lowest BCUT2D eigenvalue weighted by Crippen LogP contribution is -2.20. The molecule has 0 bridgehead atoms. The van der Waals surface area contributed by atoms with Crippen molar-refractivity contribution < 1.29 is 8.42 Å². The van der Waals surface area contributed by atoms with Gasteiger partial charge in [0.2, 0.25) is 0 Å². The van der Waals surface area contributed by atoms with E-state index in [0.717, 1.165) is 0 Å². The first-order valence-corrected chi connectivity index (χ1v) is 6.84. The average Bonchev–Trinajstić information content (AvgIpc) is 2.50. The van der Waals surface area contributed by atoms with E-state index in [0.29, 0.717) is 17.3 Å². The second-order valence-corrected chi connectivity index (χ2v) is 6.17. The maximum atomic E-state index is 11.2. The number of nitrogens with one attached hydrogen (secondary N) is 1. The van der Waals surface area contributed by atoms with Gasteiger partial charge in [0.1, 0.15) is 0 Å². The monoisotopic (exact) mass is 246 g/mol. The van der Waals surface area contributed by atoms with Gasteiger partial charge in [-0.2, -0.15) is 0 Å². The van der Waals surface area contributed by atoms with Gasteiger partial charge in [0.25, 0.3) is 0 Å². The van der Waals surface area contributed by atoms with E-state index in [1.54, 1.807) is 18.3 Å². The molecule has 1 saturated heterocycles. The molecule has 1 aromatic rings. The third kappa shape index (κ3) is 2.60. The number of hydrogen-bond donors (Lipinski definition) is 1. The van der Waals surface area contributed by atoms with Crippen LogP contribution < -0.4 is 5.32 Å². The molecule has 0 amide bonds. The molecule has 0 aromatic carbocycles. The summed E-state index contributed by atoms with van der Waals surface area (Å²) >= 11 is 5.85. The summed E-state index contributed by atoms with van der Waals surface area (Å²) in [4.78, 5) is 3.91. The SMILES string of the molecule is O=S1(=O)CCC(Nc2cccnc2Cl)C1. The molecule has 2 rings (SSSR count). The van der Waals surface area contributed by atoms with Crippen LogP contribution >= 0.6 is 11.6 Å². The van der Waals surface area contributed by atoms with Gasteiger partial charge >= 0.3 is 0 Å².